The Kier molecular flexibility index (Phi) is 3.18. The molecule has 0 bridgehead atoms. The first kappa shape index (κ1) is 14.3. The number of piperidine rings is 1. The van der Waals surface area contributed by atoms with Crippen LogP contribution in [0.5, 0.6) is 0 Å². The van der Waals surface area contributed by atoms with Crippen LogP contribution >= 0.6 is 0 Å². The predicted octanol–water partition coefficient (Wildman–Crippen LogP) is 2.42. The molecule has 2 N–H and O–H groups in total. The number of aromatic nitrogens is 1. The summed E-state index contributed by atoms with van der Waals surface area (Å²) < 4.78 is 0. The average molecular weight is 312 g/mol. The summed E-state index contributed by atoms with van der Waals surface area (Å²) in [5, 5.41) is 10.2. The van der Waals surface area contributed by atoms with Crippen LogP contribution in [0.3, 0.4) is 0 Å². The highest BCUT2D eigenvalue weighted by Gasteiger charge is 2.59. The lowest BCUT2D eigenvalue weighted by Gasteiger charge is -2.32. The number of nitrogens with zero attached hydrogens (tertiary/aromatic N) is 1. The molecule has 4 rings (SSSR count). The maximum atomic E-state index is 12.6. The van der Waals surface area contributed by atoms with Gasteiger partial charge in [-0.25, -0.2) is 0 Å². The fourth-order valence-electron chi connectivity index (χ4n) is 4.00. The van der Waals surface area contributed by atoms with Crippen molar-refractivity contribution in [2.24, 2.45) is 11.3 Å². The highest BCUT2D eigenvalue weighted by atomic mass is 16.4. The van der Waals surface area contributed by atoms with Gasteiger partial charge in [0.2, 0.25) is 5.91 Å². The van der Waals surface area contributed by atoms with Crippen LogP contribution in [0.4, 0.5) is 0 Å². The van der Waals surface area contributed by atoms with Crippen molar-refractivity contribution < 1.29 is 14.7 Å². The smallest absolute Gasteiger partial charge is 0.307 e. The van der Waals surface area contributed by atoms with Crippen molar-refractivity contribution in [3.8, 4) is 0 Å². The molecular weight excluding hydrogens is 292 g/mol. The average Bonchev–Trinajstić information content (AvgIpc) is 3.11. The molecule has 1 aromatic carbocycles. The topological polar surface area (TPSA) is 73.4 Å². The molecule has 5 heteroatoms. The molecule has 0 radical (unpaired) electrons. The molecule has 1 aliphatic heterocycles. The number of carbonyl (C=O) groups is 2. The van der Waals surface area contributed by atoms with Crippen molar-refractivity contribution in [1.29, 1.82) is 0 Å². The lowest BCUT2D eigenvalue weighted by Crippen LogP contribution is -2.40. The number of rotatable bonds is 3. The summed E-state index contributed by atoms with van der Waals surface area (Å²) in [6, 6.07) is 7.99. The predicted molar refractivity (Wildman–Crippen MR) is 86.0 cm³/mol. The number of benzene rings is 1. The highest BCUT2D eigenvalue weighted by molar-refractivity contribution is 5.89. The fourth-order valence-corrected chi connectivity index (χ4v) is 4.00. The number of likely N-dealkylation sites (tertiary alicyclic amines) is 1. The van der Waals surface area contributed by atoms with Gasteiger partial charge in [0.1, 0.15) is 0 Å². The van der Waals surface area contributed by atoms with Crippen molar-refractivity contribution >= 4 is 22.8 Å². The second-order valence-electron chi connectivity index (χ2n) is 6.87. The Morgan fingerprint density at radius 2 is 2.00 bits per heavy atom. The van der Waals surface area contributed by atoms with Gasteiger partial charge in [-0.3, -0.25) is 9.59 Å². The van der Waals surface area contributed by atoms with Crippen LogP contribution in [-0.2, 0) is 16.0 Å². The van der Waals surface area contributed by atoms with E-state index in [0.29, 0.717) is 19.5 Å². The fraction of sp³-hybridized carbons (Fsp3) is 0.444. The second kappa shape index (κ2) is 5.11. The first-order chi connectivity index (χ1) is 11.1. The van der Waals surface area contributed by atoms with E-state index in [1.54, 1.807) is 0 Å². The number of hydrogen-bond donors (Lipinski definition) is 2. The molecule has 1 saturated heterocycles. The third kappa shape index (κ3) is 2.40. The van der Waals surface area contributed by atoms with Crippen LogP contribution in [0.25, 0.3) is 10.9 Å². The molecule has 23 heavy (non-hydrogen) atoms. The molecular formula is C18H20N2O3. The van der Waals surface area contributed by atoms with E-state index in [1.807, 2.05) is 35.4 Å². The zero-order valence-corrected chi connectivity index (χ0v) is 12.9. The number of aliphatic carboxylic acids is 1. The van der Waals surface area contributed by atoms with Crippen molar-refractivity contribution in [3.63, 3.8) is 0 Å². The Morgan fingerprint density at radius 1 is 1.26 bits per heavy atom. The summed E-state index contributed by atoms with van der Waals surface area (Å²) in [6.45, 7) is 1.37. The molecule has 1 saturated carbocycles. The summed E-state index contributed by atoms with van der Waals surface area (Å²) in [6.07, 6.45) is 4.74. The Labute approximate surface area is 134 Å². The quantitative estimate of drug-likeness (QED) is 0.914. The SMILES string of the molecule is O=C(O)C1CC12CCN(C(=O)Cc1c[nH]c3ccccc13)CC2. The number of fused-ring (bicyclic) bond motifs is 1. The van der Waals surface area contributed by atoms with Gasteiger partial charge in [0.15, 0.2) is 0 Å². The van der Waals surface area contributed by atoms with Crippen molar-refractivity contribution in [3.05, 3.63) is 36.0 Å². The minimum Gasteiger partial charge on any atom is -0.481 e. The van der Waals surface area contributed by atoms with Gasteiger partial charge >= 0.3 is 5.97 Å². The number of amides is 1. The van der Waals surface area contributed by atoms with Crippen molar-refractivity contribution in [1.82, 2.24) is 9.88 Å². The van der Waals surface area contributed by atoms with Gasteiger partial charge in [0, 0.05) is 30.2 Å². The first-order valence-electron chi connectivity index (χ1n) is 8.15. The van der Waals surface area contributed by atoms with Crippen molar-refractivity contribution in [2.75, 3.05) is 13.1 Å². The summed E-state index contributed by atoms with van der Waals surface area (Å²) in [5.41, 5.74) is 2.06. The molecule has 5 nitrogen and oxygen atoms in total. The van der Waals surface area contributed by atoms with Crippen LogP contribution in [0.1, 0.15) is 24.8 Å². The Morgan fingerprint density at radius 3 is 2.70 bits per heavy atom. The van der Waals surface area contributed by atoms with E-state index in [0.717, 1.165) is 35.7 Å². The third-order valence-corrected chi connectivity index (χ3v) is 5.62. The minimum absolute atomic E-state index is 0.0244. The molecule has 1 unspecified atom stereocenters. The number of carboxylic acids is 1. The van der Waals surface area contributed by atoms with Gasteiger partial charge in [0.25, 0.3) is 0 Å². The number of aromatic amines is 1. The molecule has 1 aromatic heterocycles. The lowest BCUT2D eigenvalue weighted by atomic mass is 9.90. The van der Waals surface area contributed by atoms with Crippen LogP contribution in [0, 0.1) is 11.3 Å². The van der Waals surface area contributed by atoms with Crippen LogP contribution in [0.2, 0.25) is 0 Å². The monoisotopic (exact) mass is 312 g/mol. The van der Waals surface area contributed by atoms with Gasteiger partial charge in [-0.1, -0.05) is 18.2 Å². The van der Waals surface area contributed by atoms with Crippen LogP contribution < -0.4 is 0 Å². The molecule has 1 atom stereocenters. The molecule has 2 aromatic rings. The Hall–Kier alpha value is -2.30. The molecule has 120 valence electrons. The number of hydrogen-bond acceptors (Lipinski definition) is 2. The molecule has 1 spiro atoms. The van der Waals surface area contributed by atoms with Gasteiger partial charge in [-0.15, -0.1) is 0 Å². The van der Waals surface area contributed by atoms with E-state index in [-0.39, 0.29) is 17.2 Å². The number of carboxylic acid groups (broad SMARTS) is 1. The number of H-pyrrole nitrogens is 1. The van der Waals surface area contributed by atoms with Gasteiger partial charge < -0.3 is 15.0 Å². The summed E-state index contributed by atoms with van der Waals surface area (Å²) in [7, 11) is 0. The van der Waals surface area contributed by atoms with Crippen LogP contribution in [0.15, 0.2) is 30.5 Å². The third-order valence-electron chi connectivity index (χ3n) is 5.62. The van der Waals surface area contributed by atoms with E-state index < -0.39 is 5.97 Å². The molecule has 1 amide bonds. The second-order valence-corrected chi connectivity index (χ2v) is 6.87. The summed E-state index contributed by atoms with van der Waals surface area (Å²) in [5.74, 6) is -0.728. The molecule has 2 fully saturated rings. The largest absolute Gasteiger partial charge is 0.481 e. The van der Waals surface area contributed by atoms with Gasteiger partial charge in [-0.05, 0) is 36.3 Å². The Balaban J connectivity index is 1.40. The zero-order chi connectivity index (χ0) is 16.0. The Bertz CT molecular complexity index is 771. The lowest BCUT2D eigenvalue weighted by molar-refractivity contribution is -0.139. The standard InChI is InChI=1S/C18H20N2O3/c21-16(9-12-11-19-15-4-2-1-3-13(12)15)20-7-5-18(6-8-20)10-14(18)17(22)23/h1-4,11,14,19H,5-10H2,(H,22,23). The number of para-hydroxylation sites is 1. The summed E-state index contributed by atoms with van der Waals surface area (Å²) >= 11 is 0. The van der Waals surface area contributed by atoms with Crippen LogP contribution in [-0.4, -0.2) is 40.0 Å². The minimum atomic E-state index is -0.677. The molecule has 1 aliphatic carbocycles. The van der Waals surface area contributed by atoms with Crippen molar-refractivity contribution in [2.45, 2.75) is 25.7 Å². The number of nitrogens with one attached hydrogen (secondary N) is 1. The van der Waals surface area contributed by atoms with E-state index in [4.69, 9.17) is 5.11 Å². The van der Waals surface area contributed by atoms with Gasteiger partial charge in [0.05, 0.1) is 12.3 Å². The highest BCUT2D eigenvalue weighted by Crippen LogP contribution is 2.59. The van der Waals surface area contributed by atoms with E-state index in [2.05, 4.69) is 4.98 Å². The first-order valence-corrected chi connectivity index (χ1v) is 8.15. The van der Waals surface area contributed by atoms with Gasteiger partial charge in [-0.2, -0.15) is 0 Å². The normalized spacial score (nSPS) is 22.4. The summed E-state index contributed by atoms with van der Waals surface area (Å²) in [4.78, 5) is 28.7. The maximum Gasteiger partial charge on any atom is 0.307 e. The van der Waals surface area contributed by atoms with E-state index in [1.165, 1.54) is 0 Å². The zero-order valence-electron chi connectivity index (χ0n) is 12.9. The van der Waals surface area contributed by atoms with E-state index in [9.17, 15) is 9.59 Å². The number of carbonyl (C=O) groups excluding carboxylic acids is 1. The molecule has 2 heterocycles. The molecule has 2 aliphatic rings. The maximum absolute atomic E-state index is 12.6. The van der Waals surface area contributed by atoms with E-state index >= 15 is 0 Å².